The molecule has 0 radical (unpaired) electrons. The lowest BCUT2D eigenvalue weighted by Crippen LogP contribution is -2.38. The van der Waals surface area contributed by atoms with Crippen molar-refractivity contribution >= 4 is 21.6 Å². The minimum Gasteiger partial charge on any atom is -0.349 e. The number of nitrogens with zero attached hydrogens (tertiary/aromatic N) is 4. The molecule has 1 aliphatic rings. The Hall–Kier alpha value is -2.42. The van der Waals surface area contributed by atoms with Gasteiger partial charge in [-0.2, -0.15) is 5.10 Å². The van der Waals surface area contributed by atoms with E-state index in [4.69, 9.17) is 0 Å². The van der Waals surface area contributed by atoms with E-state index in [1.807, 2.05) is 4.68 Å². The molecule has 1 N–H and O–H groups in total. The van der Waals surface area contributed by atoms with E-state index in [0.29, 0.717) is 17.3 Å². The fourth-order valence-electron chi connectivity index (χ4n) is 3.17. The third kappa shape index (κ3) is 4.21. The summed E-state index contributed by atoms with van der Waals surface area (Å²) >= 11 is 0. The van der Waals surface area contributed by atoms with Crippen molar-refractivity contribution in [1.82, 2.24) is 20.1 Å². The van der Waals surface area contributed by atoms with Crippen molar-refractivity contribution in [3.63, 3.8) is 0 Å². The van der Waals surface area contributed by atoms with Gasteiger partial charge in [0.15, 0.2) is 0 Å². The summed E-state index contributed by atoms with van der Waals surface area (Å²) in [5.74, 6) is -0.136. The number of hydrogen-bond acceptors (Lipinski definition) is 5. The molecule has 0 saturated heterocycles. The van der Waals surface area contributed by atoms with Gasteiger partial charge in [0.2, 0.25) is 10.0 Å². The molecule has 1 aliphatic carbocycles. The average Bonchev–Trinajstić information content (AvgIpc) is 3.16. The van der Waals surface area contributed by atoms with Gasteiger partial charge in [-0.05, 0) is 49.9 Å². The molecule has 1 aromatic carbocycles. The topological polar surface area (TPSA) is 97.2 Å². The molecular weight excluding hydrogens is 354 g/mol. The van der Waals surface area contributed by atoms with E-state index in [-0.39, 0.29) is 11.9 Å². The number of sulfonamides is 1. The molecule has 0 bridgehead atoms. The minimum absolute atomic E-state index is 0.136. The standard InChI is InChI=1S/C17H23N5O3S/c1-21(26(2,24)25)15-7-3-13(4-8-15)17(23)20-14-5-9-16(10-6-14)22-12-18-11-19-22/h3-4,7-8,11-12,14,16H,5-6,9-10H2,1-2H3,(H,20,23). The van der Waals surface area contributed by atoms with Gasteiger partial charge in [-0.15, -0.1) is 0 Å². The molecule has 9 heteroatoms. The average molecular weight is 377 g/mol. The van der Waals surface area contributed by atoms with Crippen LogP contribution in [-0.4, -0.2) is 48.4 Å². The second-order valence-corrected chi connectivity index (χ2v) is 8.65. The summed E-state index contributed by atoms with van der Waals surface area (Å²) in [6.07, 6.45) is 8.11. The molecule has 1 heterocycles. The predicted octanol–water partition coefficient (Wildman–Crippen LogP) is 1.59. The van der Waals surface area contributed by atoms with E-state index in [1.165, 1.54) is 11.4 Å². The highest BCUT2D eigenvalue weighted by Crippen LogP contribution is 2.27. The Balaban J connectivity index is 1.55. The van der Waals surface area contributed by atoms with Crippen molar-refractivity contribution in [2.45, 2.75) is 37.8 Å². The van der Waals surface area contributed by atoms with Crippen molar-refractivity contribution in [2.75, 3.05) is 17.6 Å². The Morgan fingerprint density at radius 1 is 1.19 bits per heavy atom. The number of benzene rings is 1. The van der Waals surface area contributed by atoms with Crippen molar-refractivity contribution in [1.29, 1.82) is 0 Å². The van der Waals surface area contributed by atoms with Crippen LogP contribution in [0.25, 0.3) is 0 Å². The van der Waals surface area contributed by atoms with Gasteiger partial charge in [0, 0.05) is 18.7 Å². The Kier molecular flexibility index (Phi) is 5.26. The number of hydrogen-bond donors (Lipinski definition) is 1. The quantitative estimate of drug-likeness (QED) is 0.853. The highest BCUT2D eigenvalue weighted by Gasteiger charge is 2.24. The van der Waals surface area contributed by atoms with Crippen LogP contribution in [0.2, 0.25) is 0 Å². The van der Waals surface area contributed by atoms with Crippen LogP contribution < -0.4 is 9.62 Å². The number of carbonyl (C=O) groups excluding carboxylic acids is 1. The predicted molar refractivity (Wildman–Crippen MR) is 98.5 cm³/mol. The molecule has 8 nitrogen and oxygen atoms in total. The Morgan fingerprint density at radius 3 is 2.38 bits per heavy atom. The molecule has 3 rings (SSSR count). The third-order valence-electron chi connectivity index (χ3n) is 4.83. The van der Waals surface area contributed by atoms with E-state index < -0.39 is 10.0 Å². The van der Waals surface area contributed by atoms with Gasteiger partial charge < -0.3 is 5.32 Å². The summed E-state index contributed by atoms with van der Waals surface area (Å²) < 4.78 is 26.2. The van der Waals surface area contributed by atoms with E-state index in [2.05, 4.69) is 15.4 Å². The van der Waals surface area contributed by atoms with Crippen LogP contribution in [0.1, 0.15) is 42.1 Å². The Labute approximate surface area is 153 Å². The van der Waals surface area contributed by atoms with E-state index in [9.17, 15) is 13.2 Å². The number of amides is 1. The molecule has 26 heavy (non-hydrogen) atoms. The maximum Gasteiger partial charge on any atom is 0.251 e. The first-order valence-corrected chi connectivity index (χ1v) is 10.4. The smallest absolute Gasteiger partial charge is 0.251 e. The first kappa shape index (κ1) is 18.4. The van der Waals surface area contributed by atoms with Crippen LogP contribution in [0.15, 0.2) is 36.9 Å². The zero-order valence-corrected chi connectivity index (χ0v) is 15.7. The first-order valence-electron chi connectivity index (χ1n) is 8.53. The van der Waals surface area contributed by atoms with Gasteiger partial charge in [0.25, 0.3) is 5.91 Å². The maximum atomic E-state index is 12.4. The highest BCUT2D eigenvalue weighted by molar-refractivity contribution is 7.92. The van der Waals surface area contributed by atoms with Crippen LogP contribution in [0, 0.1) is 0 Å². The SMILES string of the molecule is CN(c1ccc(C(=O)NC2CCC(n3cncn3)CC2)cc1)S(C)(=O)=O. The molecule has 0 atom stereocenters. The molecule has 1 aromatic heterocycles. The second kappa shape index (κ2) is 7.45. The number of rotatable bonds is 5. The molecule has 2 aromatic rings. The van der Waals surface area contributed by atoms with Gasteiger partial charge in [-0.3, -0.25) is 9.10 Å². The van der Waals surface area contributed by atoms with Gasteiger partial charge in [0.05, 0.1) is 18.0 Å². The highest BCUT2D eigenvalue weighted by atomic mass is 32.2. The largest absolute Gasteiger partial charge is 0.349 e. The Bertz CT molecular complexity index is 841. The van der Waals surface area contributed by atoms with Crippen LogP contribution in [0.3, 0.4) is 0 Å². The number of nitrogens with one attached hydrogen (secondary N) is 1. The monoisotopic (exact) mass is 377 g/mol. The van der Waals surface area contributed by atoms with Crippen LogP contribution in [0.5, 0.6) is 0 Å². The van der Waals surface area contributed by atoms with Crippen molar-refractivity contribution < 1.29 is 13.2 Å². The van der Waals surface area contributed by atoms with Crippen molar-refractivity contribution in [2.24, 2.45) is 0 Å². The van der Waals surface area contributed by atoms with Crippen LogP contribution >= 0.6 is 0 Å². The summed E-state index contributed by atoms with van der Waals surface area (Å²) in [4.78, 5) is 16.4. The zero-order valence-electron chi connectivity index (χ0n) is 14.9. The lowest BCUT2D eigenvalue weighted by atomic mass is 9.91. The maximum absolute atomic E-state index is 12.4. The van der Waals surface area contributed by atoms with Crippen molar-refractivity contribution in [3.8, 4) is 0 Å². The Morgan fingerprint density at radius 2 is 1.85 bits per heavy atom. The number of anilines is 1. The summed E-state index contributed by atoms with van der Waals surface area (Å²) in [6, 6.07) is 7.05. The van der Waals surface area contributed by atoms with Gasteiger partial charge in [-0.25, -0.2) is 18.1 Å². The molecule has 140 valence electrons. The number of carbonyl (C=O) groups is 1. The van der Waals surface area contributed by atoms with Gasteiger partial charge in [0.1, 0.15) is 12.7 Å². The van der Waals surface area contributed by atoms with E-state index in [0.717, 1.165) is 31.9 Å². The zero-order chi connectivity index (χ0) is 18.7. The molecule has 1 fully saturated rings. The lowest BCUT2D eigenvalue weighted by Gasteiger charge is -2.29. The fraction of sp³-hybridized carbons (Fsp3) is 0.471. The molecular formula is C17H23N5O3S. The first-order chi connectivity index (χ1) is 12.3. The molecule has 0 unspecified atom stereocenters. The fourth-order valence-corrected chi connectivity index (χ4v) is 3.68. The summed E-state index contributed by atoms with van der Waals surface area (Å²) in [6.45, 7) is 0. The third-order valence-corrected chi connectivity index (χ3v) is 6.04. The summed E-state index contributed by atoms with van der Waals surface area (Å²) in [5, 5.41) is 7.25. The molecule has 1 amide bonds. The molecule has 0 spiro atoms. The van der Waals surface area contributed by atoms with E-state index in [1.54, 1.807) is 36.9 Å². The number of aromatic nitrogens is 3. The van der Waals surface area contributed by atoms with E-state index >= 15 is 0 Å². The summed E-state index contributed by atoms with van der Waals surface area (Å²) in [7, 11) is -1.83. The lowest BCUT2D eigenvalue weighted by molar-refractivity contribution is 0.0921. The molecule has 0 aliphatic heterocycles. The minimum atomic E-state index is -3.31. The van der Waals surface area contributed by atoms with Gasteiger partial charge >= 0.3 is 0 Å². The summed E-state index contributed by atoms with van der Waals surface area (Å²) in [5.41, 5.74) is 1.05. The van der Waals surface area contributed by atoms with Crippen LogP contribution in [0.4, 0.5) is 5.69 Å². The van der Waals surface area contributed by atoms with Crippen molar-refractivity contribution in [3.05, 3.63) is 42.5 Å². The molecule has 1 saturated carbocycles. The second-order valence-electron chi connectivity index (χ2n) is 6.63. The van der Waals surface area contributed by atoms with Crippen LogP contribution in [-0.2, 0) is 10.0 Å². The van der Waals surface area contributed by atoms with Gasteiger partial charge in [-0.1, -0.05) is 0 Å². The normalized spacial score (nSPS) is 20.5.